The Labute approximate surface area is 140 Å². The molecule has 23 heavy (non-hydrogen) atoms. The molecule has 1 amide bonds. The van der Waals surface area contributed by atoms with Gasteiger partial charge >= 0.3 is 0 Å². The Morgan fingerprint density at radius 2 is 1.61 bits per heavy atom. The van der Waals surface area contributed by atoms with Crippen LogP contribution in [-0.4, -0.2) is 38.1 Å². The number of carbonyl (C=O) groups is 1. The third-order valence-electron chi connectivity index (χ3n) is 3.99. The Morgan fingerprint density at radius 1 is 1.00 bits per heavy atom. The summed E-state index contributed by atoms with van der Waals surface area (Å²) in [6.07, 6.45) is 5.66. The Balaban J connectivity index is 2.61. The van der Waals surface area contributed by atoms with Crippen molar-refractivity contribution in [2.24, 2.45) is 0 Å². The zero-order valence-electron chi connectivity index (χ0n) is 15.1. The van der Waals surface area contributed by atoms with Crippen molar-refractivity contribution >= 4 is 5.91 Å². The predicted octanol–water partition coefficient (Wildman–Crippen LogP) is 4.07. The van der Waals surface area contributed by atoms with E-state index in [4.69, 9.17) is 9.47 Å². The number of aryl methyl sites for hydroxylation is 1. The van der Waals surface area contributed by atoms with Gasteiger partial charge in [-0.1, -0.05) is 32.8 Å². The van der Waals surface area contributed by atoms with Crippen LogP contribution in [0.1, 0.15) is 51.5 Å². The third kappa shape index (κ3) is 6.51. The van der Waals surface area contributed by atoms with Gasteiger partial charge < -0.3 is 14.4 Å². The number of amides is 1. The highest BCUT2D eigenvalue weighted by Crippen LogP contribution is 2.28. The second-order valence-electron chi connectivity index (χ2n) is 5.78. The van der Waals surface area contributed by atoms with Crippen molar-refractivity contribution in [1.29, 1.82) is 0 Å². The van der Waals surface area contributed by atoms with Crippen molar-refractivity contribution in [3.05, 3.63) is 23.8 Å². The van der Waals surface area contributed by atoms with Crippen LogP contribution in [0.4, 0.5) is 0 Å². The van der Waals surface area contributed by atoms with Gasteiger partial charge in [-0.2, -0.15) is 0 Å². The summed E-state index contributed by atoms with van der Waals surface area (Å²) in [6.45, 7) is 6.07. The molecule has 0 atom stereocenters. The van der Waals surface area contributed by atoms with E-state index in [1.165, 1.54) is 0 Å². The summed E-state index contributed by atoms with van der Waals surface area (Å²) in [6, 6.07) is 5.84. The lowest BCUT2D eigenvalue weighted by Crippen LogP contribution is -2.33. The smallest absolute Gasteiger partial charge is 0.222 e. The van der Waals surface area contributed by atoms with E-state index >= 15 is 0 Å². The van der Waals surface area contributed by atoms with Gasteiger partial charge in [-0.05, 0) is 37.0 Å². The molecule has 0 saturated carbocycles. The fraction of sp³-hybridized carbons (Fsp3) is 0.632. The van der Waals surface area contributed by atoms with Crippen LogP contribution < -0.4 is 9.47 Å². The Morgan fingerprint density at radius 3 is 2.13 bits per heavy atom. The molecule has 0 aliphatic carbocycles. The predicted molar refractivity (Wildman–Crippen MR) is 94.3 cm³/mol. The van der Waals surface area contributed by atoms with E-state index in [1.54, 1.807) is 14.2 Å². The summed E-state index contributed by atoms with van der Waals surface area (Å²) in [5.74, 6) is 1.68. The lowest BCUT2D eigenvalue weighted by atomic mass is 10.1. The van der Waals surface area contributed by atoms with Crippen LogP contribution in [0.2, 0.25) is 0 Å². The highest BCUT2D eigenvalue weighted by atomic mass is 16.5. The largest absolute Gasteiger partial charge is 0.493 e. The average molecular weight is 321 g/mol. The van der Waals surface area contributed by atoms with Crippen LogP contribution in [0.25, 0.3) is 0 Å². The second-order valence-corrected chi connectivity index (χ2v) is 5.78. The maximum absolute atomic E-state index is 12.5. The molecular formula is C19H31NO3. The van der Waals surface area contributed by atoms with Gasteiger partial charge in [-0.3, -0.25) is 4.79 Å². The topological polar surface area (TPSA) is 38.8 Å². The SMILES string of the molecule is CCCCN(CCCC)C(=O)CCc1ccc(OC)c(OC)c1. The van der Waals surface area contributed by atoms with Gasteiger partial charge in [0, 0.05) is 19.5 Å². The van der Waals surface area contributed by atoms with E-state index in [9.17, 15) is 4.79 Å². The van der Waals surface area contributed by atoms with Crippen molar-refractivity contribution < 1.29 is 14.3 Å². The van der Waals surface area contributed by atoms with Crippen LogP contribution in [0.5, 0.6) is 11.5 Å². The Kier molecular flexibility index (Phi) is 9.18. The van der Waals surface area contributed by atoms with Crippen LogP contribution in [0.3, 0.4) is 0 Å². The quantitative estimate of drug-likeness (QED) is 0.617. The minimum Gasteiger partial charge on any atom is -0.493 e. The number of rotatable bonds is 11. The molecule has 0 bridgehead atoms. The van der Waals surface area contributed by atoms with Gasteiger partial charge in [0.15, 0.2) is 11.5 Å². The zero-order valence-corrected chi connectivity index (χ0v) is 15.1. The van der Waals surface area contributed by atoms with E-state index in [0.717, 1.165) is 56.5 Å². The molecule has 0 aromatic heterocycles. The number of unbranched alkanes of at least 4 members (excludes halogenated alkanes) is 2. The summed E-state index contributed by atoms with van der Waals surface area (Å²) >= 11 is 0. The van der Waals surface area contributed by atoms with Gasteiger partial charge in [0.1, 0.15) is 0 Å². The fourth-order valence-corrected chi connectivity index (χ4v) is 2.50. The normalized spacial score (nSPS) is 10.4. The van der Waals surface area contributed by atoms with E-state index in [1.807, 2.05) is 23.1 Å². The standard InChI is InChI=1S/C19H31NO3/c1-5-7-13-20(14-8-6-2)19(21)12-10-16-9-11-17(22-3)18(15-16)23-4/h9,11,15H,5-8,10,12-14H2,1-4H3. The third-order valence-corrected chi connectivity index (χ3v) is 3.99. The number of carbonyl (C=O) groups excluding carboxylic acids is 1. The summed E-state index contributed by atoms with van der Waals surface area (Å²) in [7, 11) is 3.25. The number of hydrogen-bond acceptors (Lipinski definition) is 3. The molecule has 0 unspecified atom stereocenters. The highest BCUT2D eigenvalue weighted by Gasteiger charge is 2.13. The summed E-state index contributed by atoms with van der Waals surface area (Å²) in [4.78, 5) is 14.5. The minimum absolute atomic E-state index is 0.252. The molecule has 0 N–H and O–H groups in total. The first-order valence-corrected chi connectivity index (χ1v) is 8.64. The average Bonchev–Trinajstić information content (AvgIpc) is 2.59. The molecule has 0 saturated heterocycles. The molecule has 1 aromatic rings. The van der Waals surface area contributed by atoms with Gasteiger partial charge in [0.25, 0.3) is 0 Å². The van der Waals surface area contributed by atoms with Crippen LogP contribution >= 0.6 is 0 Å². The van der Waals surface area contributed by atoms with Gasteiger partial charge in [0.2, 0.25) is 5.91 Å². The van der Waals surface area contributed by atoms with Crippen molar-refractivity contribution in [3.8, 4) is 11.5 Å². The van der Waals surface area contributed by atoms with E-state index < -0.39 is 0 Å². The Bertz CT molecular complexity index is 466. The van der Waals surface area contributed by atoms with Crippen molar-refractivity contribution in [2.45, 2.75) is 52.4 Å². The number of methoxy groups -OCH3 is 2. The number of ether oxygens (including phenoxy) is 2. The van der Waals surface area contributed by atoms with Gasteiger partial charge in [-0.25, -0.2) is 0 Å². The minimum atomic E-state index is 0.252. The fourth-order valence-electron chi connectivity index (χ4n) is 2.50. The molecule has 0 spiro atoms. The summed E-state index contributed by atoms with van der Waals surface area (Å²) < 4.78 is 10.6. The first-order valence-electron chi connectivity index (χ1n) is 8.64. The van der Waals surface area contributed by atoms with E-state index in [0.29, 0.717) is 12.2 Å². The lowest BCUT2D eigenvalue weighted by molar-refractivity contribution is -0.131. The summed E-state index contributed by atoms with van der Waals surface area (Å²) in [5.41, 5.74) is 1.10. The Hall–Kier alpha value is -1.71. The van der Waals surface area contributed by atoms with E-state index in [-0.39, 0.29) is 5.91 Å². The highest BCUT2D eigenvalue weighted by molar-refractivity contribution is 5.76. The molecule has 0 fully saturated rings. The molecule has 0 aliphatic rings. The first-order chi connectivity index (χ1) is 11.2. The molecule has 130 valence electrons. The van der Waals surface area contributed by atoms with Crippen LogP contribution in [0, 0.1) is 0 Å². The number of nitrogens with zero attached hydrogens (tertiary/aromatic N) is 1. The zero-order chi connectivity index (χ0) is 17.1. The molecule has 0 radical (unpaired) electrons. The van der Waals surface area contributed by atoms with Crippen molar-refractivity contribution in [3.63, 3.8) is 0 Å². The lowest BCUT2D eigenvalue weighted by Gasteiger charge is -2.22. The summed E-state index contributed by atoms with van der Waals surface area (Å²) in [5, 5.41) is 0. The van der Waals surface area contributed by atoms with Crippen LogP contribution in [-0.2, 0) is 11.2 Å². The van der Waals surface area contributed by atoms with Crippen molar-refractivity contribution in [2.75, 3.05) is 27.3 Å². The first kappa shape index (κ1) is 19.3. The maximum atomic E-state index is 12.5. The molecule has 0 aliphatic heterocycles. The monoisotopic (exact) mass is 321 g/mol. The molecule has 1 rings (SSSR count). The second kappa shape index (κ2) is 10.9. The van der Waals surface area contributed by atoms with Gasteiger partial charge in [-0.15, -0.1) is 0 Å². The number of hydrogen-bond donors (Lipinski definition) is 0. The maximum Gasteiger partial charge on any atom is 0.222 e. The van der Waals surface area contributed by atoms with Crippen molar-refractivity contribution in [1.82, 2.24) is 4.90 Å². The van der Waals surface area contributed by atoms with E-state index in [2.05, 4.69) is 13.8 Å². The molecule has 1 aromatic carbocycles. The molecule has 0 heterocycles. The molecular weight excluding hydrogens is 290 g/mol. The molecule has 4 nitrogen and oxygen atoms in total. The molecule has 4 heteroatoms. The number of benzene rings is 1. The van der Waals surface area contributed by atoms with Gasteiger partial charge in [0.05, 0.1) is 14.2 Å². The van der Waals surface area contributed by atoms with Crippen LogP contribution in [0.15, 0.2) is 18.2 Å².